The number of halogens is 1. The first kappa shape index (κ1) is 15.3. The van der Waals surface area contributed by atoms with Crippen molar-refractivity contribution in [2.75, 3.05) is 0 Å². The summed E-state index contributed by atoms with van der Waals surface area (Å²) in [5, 5.41) is 11.7. The molecule has 0 spiro atoms. The number of carbonyl (C=O) groups is 1. The first-order chi connectivity index (χ1) is 11.1. The van der Waals surface area contributed by atoms with E-state index in [-0.39, 0.29) is 12.3 Å². The zero-order valence-corrected chi connectivity index (χ0v) is 12.8. The van der Waals surface area contributed by atoms with Gasteiger partial charge in [0.05, 0.1) is 12.6 Å². The second-order valence-corrected chi connectivity index (χ2v) is 5.93. The van der Waals surface area contributed by atoms with Crippen LogP contribution in [0.25, 0.3) is 11.1 Å². The van der Waals surface area contributed by atoms with Crippen LogP contribution in [0.2, 0.25) is 0 Å². The fourth-order valence-electron chi connectivity index (χ4n) is 2.46. The number of pyridine rings is 1. The van der Waals surface area contributed by atoms with Gasteiger partial charge < -0.3 is 5.11 Å². The molecule has 1 unspecified atom stereocenters. The van der Waals surface area contributed by atoms with Crippen LogP contribution in [0.5, 0.6) is 0 Å². The second kappa shape index (κ2) is 6.66. The Kier molecular flexibility index (Phi) is 4.43. The lowest BCUT2D eigenvalue weighted by Crippen LogP contribution is -2.08. The molecule has 1 aromatic carbocycles. The Morgan fingerprint density at radius 1 is 1.30 bits per heavy atom. The van der Waals surface area contributed by atoms with Gasteiger partial charge in [-0.1, -0.05) is 24.3 Å². The van der Waals surface area contributed by atoms with E-state index < -0.39 is 11.8 Å². The predicted molar refractivity (Wildman–Crippen MR) is 85.8 cm³/mol. The van der Waals surface area contributed by atoms with Crippen molar-refractivity contribution in [1.29, 1.82) is 0 Å². The Balaban J connectivity index is 2.03. The third-order valence-corrected chi connectivity index (χ3v) is 4.39. The number of carboxylic acids is 1. The van der Waals surface area contributed by atoms with Crippen molar-refractivity contribution in [3.63, 3.8) is 0 Å². The highest BCUT2D eigenvalue weighted by Crippen LogP contribution is 2.32. The summed E-state index contributed by atoms with van der Waals surface area (Å²) in [7, 11) is 0. The maximum atomic E-state index is 13.9. The molecule has 0 aliphatic rings. The lowest BCUT2D eigenvalue weighted by molar-refractivity contribution is -0.137. The number of aliphatic carboxylic acids is 1. The van der Waals surface area contributed by atoms with E-state index in [1.54, 1.807) is 24.4 Å². The molecule has 3 aromatic rings. The molecule has 6 heteroatoms. The number of benzene rings is 1. The molecule has 2 aromatic heterocycles. The van der Waals surface area contributed by atoms with Gasteiger partial charge in [0.2, 0.25) is 0 Å². The summed E-state index contributed by atoms with van der Waals surface area (Å²) in [6, 6.07) is 8.85. The topological polar surface area (TPSA) is 63.1 Å². The Morgan fingerprint density at radius 2 is 2.17 bits per heavy atom. The summed E-state index contributed by atoms with van der Waals surface area (Å²) < 4.78 is 13.9. The number of hydrogen-bond acceptors (Lipinski definition) is 4. The third-order valence-electron chi connectivity index (χ3n) is 3.50. The van der Waals surface area contributed by atoms with Gasteiger partial charge in [-0.3, -0.25) is 9.78 Å². The van der Waals surface area contributed by atoms with Crippen molar-refractivity contribution in [1.82, 2.24) is 9.97 Å². The SMILES string of the molecule is O=C(O)CC(c1cccc(-c2ccncc2F)c1)c1nccs1. The van der Waals surface area contributed by atoms with E-state index in [2.05, 4.69) is 9.97 Å². The van der Waals surface area contributed by atoms with Gasteiger partial charge in [0.25, 0.3) is 0 Å². The van der Waals surface area contributed by atoms with E-state index >= 15 is 0 Å². The molecule has 0 radical (unpaired) electrons. The van der Waals surface area contributed by atoms with Crippen LogP contribution in [0.1, 0.15) is 22.9 Å². The molecule has 1 N–H and O–H groups in total. The second-order valence-electron chi connectivity index (χ2n) is 5.00. The average molecular weight is 328 g/mol. The number of thiazole rings is 1. The van der Waals surface area contributed by atoms with Crippen LogP contribution in [-0.2, 0) is 4.79 Å². The largest absolute Gasteiger partial charge is 0.481 e. The van der Waals surface area contributed by atoms with Crippen molar-refractivity contribution < 1.29 is 14.3 Å². The maximum Gasteiger partial charge on any atom is 0.304 e. The average Bonchev–Trinajstić information content (AvgIpc) is 3.07. The van der Waals surface area contributed by atoms with E-state index in [4.69, 9.17) is 0 Å². The zero-order chi connectivity index (χ0) is 16.2. The number of rotatable bonds is 5. The molecule has 2 heterocycles. The quantitative estimate of drug-likeness (QED) is 0.770. The van der Waals surface area contributed by atoms with Crippen molar-refractivity contribution in [2.24, 2.45) is 0 Å². The van der Waals surface area contributed by atoms with Gasteiger partial charge in [-0.2, -0.15) is 0 Å². The lowest BCUT2D eigenvalue weighted by atomic mass is 9.93. The fourth-order valence-corrected chi connectivity index (χ4v) is 3.23. The van der Waals surface area contributed by atoms with Crippen LogP contribution in [0.4, 0.5) is 4.39 Å². The first-order valence-electron chi connectivity index (χ1n) is 6.96. The molecule has 3 rings (SSSR count). The van der Waals surface area contributed by atoms with Gasteiger partial charge in [-0.05, 0) is 17.2 Å². The van der Waals surface area contributed by atoms with Gasteiger partial charge in [0.1, 0.15) is 10.8 Å². The number of hydrogen-bond donors (Lipinski definition) is 1. The highest BCUT2D eigenvalue weighted by molar-refractivity contribution is 7.09. The predicted octanol–water partition coefficient (Wildman–Crippen LogP) is 3.95. The van der Waals surface area contributed by atoms with E-state index in [0.717, 1.165) is 16.8 Å². The molecule has 0 aliphatic heterocycles. The first-order valence-corrected chi connectivity index (χ1v) is 7.84. The summed E-state index contributed by atoms with van der Waals surface area (Å²) in [6.45, 7) is 0. The highest BCUT2D eigenvalue weighted by atomic mass is 32.1. The molecule has 4 nitrogen and oxygen atoms in total. The molecule has 0 bridgehead atoms. The van der Waals surface area contributed by atoms with Gasteiger partial charge in [-0.25, -0.2) is 9.37 Å². The fraction of sp³-hybridized carbons (Fsp3) is 0.118. The van der Waals surface area contributed by atoms with E-state index in [9.17, 15) is 14.3 Å². The molecule has 0 saturated heterocycles. The van der Waals surface area contributed by atoms with Crippen LogP contribution in [-0.4, -0.2) is 21.0 Å². The molecule has 1 atom stereocenters. The van der Waals surface area contributed by atoms with Crippen molar-refractivity contribution in [2.45, 2.75) is 12.3 Å². The Morgan fingerprint density at radius 3 is 2.87 bits per heavy atom. The van der Waals surface area contributed by atoms with Crippen LogP contribution < -0.4 is 0 Å². The monoisotopic (exact) mass is 328 g/mol. The minimum absolute atomic E-state index is 0.0597. The molecule has 0 aliphatic carbocycles. The van der Waals surface area contributed by atoms with Crippen LogP contribution in [0, 0.1) is 5.82 Å². The van der Waals surface area contributed by atoms with E-state index in [0.29, 0.717) is 11.1 Å². The van der Waals surface area contributed by atoms with Crippen LogP contribution >= 0.6 is 11.3 Å². The lowest BCUT2D eigenvalue weighted by Gasteiger charge is -2.14. The summed E-state index contributed by atoms with van der Waals surface area (Å²) in [6.07, 6.45) is 4.29. The number of nitrogens with zero attached hydrogens (tertiary/aromatic N) is 2. The number of aromatic nitrogens is 2. The Bertz CT molecular complexity index is 821. The maximum absolute atomic E-state index is 13.9. The molecule has 0 saturated carbocycles. The summed E-state index contributed by atoms with van der Waals surface area (Å²) in [5.74, 6) is -1.66. The van der Waals surface area contributed by atoms with Gasteiger partial charge in [0, 0.05) is 29.3 Å². The zero-order valence-electron chi connectivity index (χ0n) is 12.0. The molecule has 0 amide bonds. The third kappa shape index (κ3) is 3.43. The van der Waals surface area contributed by atoms with Crippen LogP contribution in [0.3, 0.4) is 0 Å². The Labute approximate surface area is 136 Å². The number of carboxylic acid groups (broad SMARTS) is 1. The molecular formula is C17H13FN2O2S. The van der Waals surface area contributed by atoms with Crippen molar-refractivity contribution in [3.8, 4) is 11.1 Å². The van der Waals surface area contributed by atoms with E-state index in [1.807, 2.05) is 17.5 Å². The minimum Gasteiger partial charge on any atom is -0.481 e. The van der Waals surface area contributed by atoms with E-state index in [1.165, 1.54) is 17.5 Å². The minimum atomic E-state index is -0.898. The van der Waals surface area contributed by atoms with Crippen molar-refractivity contribution in [3.05, 3.63) is 70.7 Å². The summed E-state index contributed by atoms with van der Waals surface area (Å²) in [4.78, 5) is 19.2. The Hall–Kier alpha value is -2.60. The molecule has 23 heavy (non-hydrogen) atoms. The van der Waals surface area contributed by atoms with Gasteiger partial charge in [-0.15, -0.1) is 11.3 Å². The normalized spacial score (nSPS) is 12.0. The van der Waals surface area contributed by atoms with Crippen molar-refractivity contribution >= 4 is 17.3 Å². The summed E-state index contributed by atoms with van der Waals surface area (Å²) in [5.41, 5.74) is 1.93. The van der Waals surface area contributed by atoms with Gasteiger partial charge in [0.15, 0.2) is 0 Å². The smallest absolute Gasteiger partial charge is 0.304 e. The molecule has 116 valence electrons. The van der Waals surface area contributed by atoms with Crippen LogP contribution in [0.15, 0.2) is 54.3 Å². The standard InChI is InChI=1S/C17H13FN2O2S/c18-15-10-19-5-4-13(15)11-2-1-3-12(8-11)14(9-16(21)22)17-20-6-7-23-17/h1-8,10,14H,9H2,(H,21,22). The molecule has 0 fully saturated rings. The molecular weight excluding hydrogens is 315 g/mol. The summed E-state index contributed by atoms with van der Waals surface area (Å²) >= 11 is 1.41. The highest BCUT2D eigenvalue weighted by Gasteiger charge is 2.21. The van der Waals surface area contributed by atoms with Gasteiger partial charge >= 0.3 is 5.97 Å².